The van der Waals surface area contributed by atoms with Crippen molar-refractivity contribution in [3.63, 3.8) is 0 Å². The van der Waals surface area contributed by atoms with Crippen LogP contribution in [0.2, 0.25) is 0 Å². The van der Waals surface area contributed by atoms with Gasteiger partial charge in [0.2, 0.25) is 23.6 Å². The summed E-state index contributed by atoms with van der Waals surface area (Å²) in [6.07, 6.45) is 5.49. The number of nitrogens with two attached hydrogens (primary N) is 3. The van der Waals surface area contributed by atoms with Crippen LogP contribution >= 0.6 is 0 Å². The third-order valence-corrected chi connectivity index (χ3v) is 7.18. The average molecular weight is 660 g/mol. The maximum atomic E-state index is 13.4. The molecule has 0 saturated heterocycles. The second-order valence-electron chi connectivity index (χ2n) is 11.1. The summed E-state index contributed by atoms with van der Waals surface area (Å²) in [5, 5.41) is 20.3. The number of aliphatic carboxylic acids is 1. The van der Waals surface area contributed by atoms with Crippen LogP contribution < -0.4 is 44.2 Å². The molecule has 16 heteroatoms. The van der Waals surface area contributed by atoms with E-state index in [9.17, 15) is 29.1 Å². The average Bonchev–Trinajstić information content (AvgIpc) is 3.02. The van der Waals surface area contributed by atoms with Crippen molar-refractivity contribution >= 4 is 29.6 Å². The Bertz CT molecular complexity index is 867. The Hall–Kier alpha value is -2.89. The quantitative estimate of drug-likeness (QED) is 0.0429. The molecule has 0 aliphatic carbocycles. The zero-order valence-corrected chi connectivity index (χ0v) is 27.5. The number of ether oxygens (including phenoxy) is 2. The van der Waals surface area contributed by atoms with E-state index < -0.39 is 47.9 Å². The Balaban J connectivity index is 5.45. The molecule has 0 bridgehead atoms. The van der Waals surface area contributed by atoms with Crippen LogP contribution in [0, 0.1) is 0 Å². The first-order chi connectivity index (χ1) is 22.1. The van der Waals surface area contributed by atoms with Gasteiger partial charge in [-0.25, -0.2) is 10.5 Å². The standard InChI is InChI=1S/C30H59N8O8/c1-45-20-21-46-19-14-26(39)35-18-9-5-12-24(29(42)38-25(30(43)44)13-4-8-17-33)37-28(41)23(11-3-7-16-32)36-27(40)22(34)10-2-6-15-31/h22-25,34H,2-21,31-33H2,1H3,(H,35,39)(H,36,40)(H,37,41)(H,38,42)(H,43,44). The molecule has 12 N–H and O–H groups in total. The van der Waals surface area contributed by atoms with E-state index in [0.29, 0.717) is 97.2 Å². The van der Waals surface area contributed by atoms with Crippen molar-refractivity contribution < 1.29 is 38.6 Å². The van der Waals surface area contributed by atoms with E-state index in [4.69, 9.17) is 32.4 Å². The van der Waals surface area contributed by atoms with Crippen LogP contribution in [-0.4, -0.2) is 112 Å². The van der Waals surface area contributed by atoms with Crippen LogP contribution in [0.25, 0.3) is 0 Å². The maximum absolute atomic E-state index is 13.4. The Morgan fingerprint density at radius 3 is 1.65 bits per heavy atom. The summed E-state index contributed by atoms with van der Waals surface area (Å²) >= 11 is 0. The molecular weight excluding hydrogens is 600 g/mol. The fourth-order valence-electron chi connectivity index (χ4n) is 4.42. The second kappa shape index (κ2) is 28.3. The van der Waals surface area contributed by atoms with Crippen molar-refractivity contribution in [1.29, 1.82) is 0 Å². The van der Waals surface area contributed by atoms with Gasteiger partial charge < -0.3 is 53.0 Å². The summed E-state index contributed by atoms with van der Waals surface area (Å²) in [5.41, 5.74) is 24.8. The first kappa shape index (κ1) is 43.1. The van der Waals surface area contributed by atoms with Gasteiger partial charge in [-0.05, 0) is 90.3 Å². The predicted molar refractivity (Wildman–Crippen MR) is 173 cm³/mol. The first-order valence-electron chi connectivity index (χ1n) is 16.4. The van der Waals surface area contributed by atoms with Crippen molar-refractivity contribution in [1.82, 2.24) is 27.0 Å². The Morgan fingerprint density at radius 2 is 1.13 bits per heavy atom. The van der Waals surface area contributed by atoms with E-state index in [1.807, 2.05) is 0 Å². The molecule has 0 aliphatic heterocycles. The van der Waals surface area contributed by atoms with Crippen molar-refractivity contribution in [3.05, 3.63) is 0 Å². The van der Waals surface area contributed by atoms with Gasteiger partial charge in [-0.3, -0.25) is 19.2 Å². The summed E-state index contributed by atoms with van der Waals surface area (Å²) in [6.45, 7) is 2.67. The summed E-state index contributed by atoms with van der Waals surface area (Å²) in [4.78, 5) is 63.3. The van der Waals surface area contributed by atoms with Gasteiger partial charge in [-0.15, -0.1) is 0 Å². The third kappa shape index (κ3) is 21.8. The molecule has 0 aromatic heterocycles. The third-order valence-electron chi connectivity index (χ3n) is 7.18. The molecule has 0 spiro atoms. The lowest BCUT2D eigenvalue weighted by atomic mass is 10.0. The van der Waals surface area contributed by atoms with Crippen molar-refractivity contribution in [3.8, 4) is 0 Å². The molecule has 4 amide bonds. The van der Waals surface area contributed by atoms with E-state index in [1.165, 1.54) is 0 Å². The summed E-state index contributed by atoms with van der Waals surface area (Å²) in [6, 6.07) is -4.35. The highest BCUT2D eigenvalue weighted by atomic mass is 16.5. The molecule has 0 rings (SSSR count). The number of carbonyl (C=O) groups excluding carboxylic acids is 4. The van der Waals surface area contributed by atoms with E-state index >= 15 is 0 Å². The number of carboxylic acids is 1. The number of unbranched alkanes of at least 4 members (excludes halogenated alkanes) is 4. The topological polar surface area (TPSA) is 274 Å². The van der Waals surface area contributed by atoms with Gasteiger partial charge in [0.15, 0.2) is 0 Å². The zero-order chi connectivity index (χ0) is 34.6. The number of methoxy groups -OCH3 is 1. The van der Waals surface area contributed by atoms with Crippen LogP contribution in [0.4, 0.5) is 0 Å². The molecule has 0 saturated carbocycles. The van der Waals surface area contributed by atoms with Crippen LogP contribution in [-0.2, 0) is 33.4 Å². The van der Waals surface area contributed by atoms with Gasteiger partial charge in [0.25, 0.3) is 0 Å². The van der Waals surface area contributed by atoms with Crippen molar-refractivity contribution in [2.75, 3.05) is 53.1 Å². The molecule has 0 aliphatic rings. The van der Waals surface area contributed by atoms with Gasteiger partial charge in [0.05, 0.1) is 25.9 Å². The number of hydrogen-bond donors (Lipinski definition) is 8. The lowest BCUT2D eigenvalue weighted by Crippen LogP contribution is -2.56. The minimum atomic E-state index is -1.20. The lowest BCUT2D eigenvalue weighted by molar-refractivity contribution is -0.142. The van der Waals surface area contributed by atoms with Gasteiger partial charge >= 0.3 is 5.97 Å². The molecule has 46 heavy (non-hydrogen) atoms. The van der Waals surface area contributed by atoms with E-state index in [0.717, 1.165) is 0 Å². The minimum Gasteiger partial charge on any atom is -0.480 e. The summed E-state index contributed by atoms with van der Waals surface area (Å²) in [5.74, 6) is -3.27. The second-order valence-corrected chi connectivity index (χ2v) is 11.1. The van der Waals surface area contributed by atoms with E-state index in [1.54, 1.807) is 7.11 Å². The molecule has 0 fully saturated rings. The molecule has 4 atom stereocenters. The van der Waals surface area contributed by atoms with E-state index in [-0.39, 0.29) is 38.2 Å². The van der Waals surface area contributed by atoms with Crippen LogP contribution in [0.15, 0.2) is 0 Å². The molecule has 0 heterocycles. The molecular formula is C30H59N8O8. The van der Waals surface area contributed by atoms with Gasteiger partial charge in [0.1, 0.15) is 18.1 Å². The molecule has 267 valence electrons. The number of carbonyl (C=O) groups is 5. The Kier molecular flexibility index (Phi) is 26.6. The maximum Gasteiger partial charge on any atom is 0.326 e. The highest BCUT2D eigenvalue weighted by molar-refractivity contribution is 5.94. The monoisotopic (exact) mass is 659 g/mol. The Labute approximate surface area is 273 Å². The number of rotatable bonds is 30. The van der Waals surface area contributed by atoms with Crippen LogP contribution in [0.3, 0.4) is 0 Å². The fraction of sp³-hybridized carbons (Fsp3) is 0.833. The normalized spacial score (nSPS) is 13.7. The number of amides is 4. The molecule has 0 aromatic carbocycles. The highest BCUT2D eigenvalue weighted by Crippen LogP contribution is 2.09. The van der Waals surface area contributed by atoms with Gasteiger partial charge in [-0.2, -0.15) is 0 Å². The molecule has 0 aromatic rings. The van der Waals surface area contributed by atoms with Crippen molar-refractivity contribution in [2.45, 2.75) is 108 Å². The Morgan fingerprint density at radius 1 is 0.652 bits per heavy atom. The zero-order valence-electron chi connectivity index (χ0n) is 27.5. The van der Waals surface area contributed by atoms with Gasteiger partial charge in [-0.1, -0.05) is 6.42 Å². The first-order valence-corrected chi connectivity index (χ1v) is 16.4. The minimum absolute atomic E-state index is 0.159. The van der Waals surface area contributed by atoms with Crippen LogP contribution in [0.1, 0.15) is 83.5 Å². The van der Waals surface area contributed by atoms with Gasteiger partial charge in [0, 0.05) is 20.1 Å². The van der Waals surface area contributed by atoms with E-state index in [2.05, 4.69) is 21.3 Å². The predicted octanol–water partition coefficient (Wildman–Crippen LogP) is -1.10. The summed E-state index contributed by atoms with van der Waals surface area (Å²) in [7, 11) is 1.56. The van der Waals surface area contributed by atoms with Crippen LogP contribution in [0.5, 0.6) is 0 Å². The fourth-order valence-corrected chi connectivity index (χ4v) is 4.42. The smallest absolute Gasteiger partial charge is 0.326 e. The number of hydrogen-bond acceptors (Lipinski definition) is 10. The largest absolute Gasteiger partial charge is 0.480 e. The summed E-state index contributed by atoms with van der Waals surface area (Å²) < 4.78 is 10.2. The SMILES string of the molecule is COCCOCCC(=O)NCCCCC(NC(=O)C(CCCCN)NC(=O)C([NH])CCCCN)C(=O)NC(CCCCN)C(=O)O. The number of carboxylic acid groups (broad SMARTS) is 1. The molecule has 1 radical (unpaired) electrons. The lowest BCUT2D eigenvalue weighted by Gasteiger charge is -2.25. The molecule has 4 unspecified atom stereocenters. The van der Waals surface area contributed by atoms with Crippen molar-refractivity contribution in [2.24, 2.45) is 17.2 Å². The number of nitrogens with one attached hydrogen (secondary N) is 5. The highest BCUT2D eigenvalue weighted by Gasteiger charge is 2.30. The molecule has 16 nitrogen and oxygen atoms in total.